The summed E-state index contributed by atoms with van der Waals surface area (Å²) in [5.74, 6) is -1.76. The largest absolute Gasteiger partial charge is 0.389 e. The quantitative estimate of drug-likeness (QED) is 0.876. The average molecular weight is 301 g/mol. The highest BCUT2D eigenvalue weighted by atomic mass is 35.5. The lowest BCUT2D eigenvalue weighted by molar-refractivity contribution is 0.199. The van der Waals surface area contributed by atoms with Gasteiger partial charge in [0, 0.05) is 9.79 Å². The average Bonchev–Trinajstić information content (AvgIpc) is 2.36. The molecule has 2 aromatic rings. The molecule has 19 heavy (non-hydrogen) atoms. The van der Waals surface area contributed by atoms with Crippen molar-refractivity contribution >= 4 is 23.4 Å². The standard InChI is InChI=1S/C14H11ClF2OS/c1-8(18)9-2-5-14(11(15)6-9)19-10-3-4-12(16)13(17)7-10/h2-8,18H,1H3/t8-/m1/s1. The molecule has 0 aliphatic carbocycles. The van der Waals surface area contributed by atoms with E-state index in [1.807, 2.05) is 0 Å². The van der Waals surface area contributed by atoms with Crippen LogP contribution in [-0.2, 0) is 0 Å². The van der Waals surface area contributed by atoms with Gasteiger partial charge in [-0.3, -0.25) is 0 Å². The Morgan fingerprint density at radius 2 is 1.84 bits per heavy atom. The SMILES string of the molecule is C[C@@H](O)c1ccc(Sc2ccc(F)c(F)c2)c(Cl)c1. The zero-order chi connectivity index (χ0) is 14.0. The van der Waals surface area contributed by atoms with Crippen LogP contribution in [0.5, 0.6) is 0 Å². The predicted octanol–water partition coefficient (Wildman–Crippen LogP) is 4.82. The number of rotatable bonds is 3. The minimum Gasteiger partial charge on any atom is -0.389 e. The second-order valence-corrected chi connectivity index (χ2v) is 5.57. The maximum atomic E-state index is 13.1. The normalized spacial score (nSPS) is 12.5. The van der Waals surface area contributed by atoms with Gasteiger partial charge in [0.2, 0.25) is 0 Å². The maximum Gasteiger partial charge on any atom is 0.159 e. The van der Waals surface area contributed by atoms with Gasteiger partial charge in [-0.05, 0) is 42.8 Å². The topological polar surface area (TPSA) is 20.2 Å². The van der Waals surface area contributed by atoms with Crippen LogP contribution in [0.4, 0.5) is 8.78 Å². The van der Waals surface area contributed by atoms with Crippen LogP contribution in [0.2, 0.25) is 5.02 Å². The Kier molecular flexibility index (Phi) is 4.45. The molecular weight excluding hydrogens is 290 g/mol. The smallest absolute Gasteiger partial charge is 0.159 e. The van der Waals surface area contributed by atoms with Crippen LogP contribution in [0, 0.1) is 11.6 Å². The summed E-state index contributed by atoms with van der Waals surface area (Å²) in [5.41, 5.74) is 0.708. The van der Waals surface area contributed by atoms with E-state index in [-0.39, 0.29) is 0 Å². The van der Waals surface area contributed by atoms with Crippen LogP contribution in [-0.4, -0.2) is 5.11 Å². The fourth-order valence-electron chi connectivity index (χ4n) is 1.53. The molecular formula is C14H11ClF2OS. The molecule has 1 N–H and O–H groups in total. The van der Waals surface area contributed by atoms with Crippen LogP contribution in [0.15, 0.2) is 46.2 Å². The third-order valence-electron chi connectivity index (χ3n) is 2.56. The molecule has 2 aromatic carbocycles. The van der Waals surface area contributed by atoms with E-state index in [4.69, 9.17) is 11.6 Å². The van der Waals surface area contributed by atoms with E-state index in [1.165, 1.54) is 17.8 Å². The van der Waals surface area contributed by atoms with Gasteiger partial charge in [0.1, 0.15) is 0 Å². The van der Waals surface area contributed by atoms with Crippen molar-refractivity contribution in [1.29, 1.82) is 0 Å². The Bertz CT molecular complexity index is 602. The van der Waals surface area contributed by atoms with E-state index in [9.17, 15) is 13.9 Å². The first-order valence-electron chi connectivity index (χ1n) is 5.58. The first kappa shape index (κ1) is 14.3. The summed E-state index contributed by atoms with van der Waals surface area (Å²) in [7, 11) is 0. The van der Waals surface area contributed by atoms with Gasteiger partial charge in [-0.2, -0.15) is 0 Å². The van der Waals surface area contributed by atoms with E-state index >= 15 is 0 Å². The van der Waals surface area contributed by atoms with Gasteiger partial charge in [-0.15, -0.1) is 0 Å². The van der Waals surface area contributed by atoms with E-state index in [1.54, 1.807) is 25.1 Å². The van der Waals surface area contributed by atoms with Crippen molar-refractivity contribution in [2.45, 2.75) is 22.8 Å². The second kappa shape index (κ2) is 5.90. The molecule has 0 heterocycles. The molecule has 0 spiro atoms. The molecule has 0 bridgehead atoms. The van der Waals surface area contributed by atoms with Gasteiger partial charge in [-0.25, -0.2) is 8.78 Å². The van der Waals surface area contributed by atoms with Gasteiger partial charge in [-0.1, -0.05) is 29.4 Å². The number of hydrogen-bond donors (Lipinski definition) is 1. The molecule has 0 fully saturated rings. The number of hydrogen-bond acceptors (Lipinski definition) is 2. The monoisotopic (exact) mass is 300 g/mol. The molecule has 100 valence electrons. The summed E-state index contributed by atoms with van der Waals surface area (Å²) < 4.78 is 25.9. The zero-order valence-electron chi connectivity index (χ0n) is 10.0. The molecule has 0 radical (unpaired) electrons. The predicted molar refractivity (Wildman–Crippen MR) is 72.6 cm³/mol. The fourth-order valence-corrected chi connectivity index (χ4v) is 2.68. The lowest BCUT2D eigenvalue weighted by Crippen LogP contribution is -1.91. The highest BCUT2D eigenvalue weighted by molar-refractivity contribution is 7.99. The van der Waals surface area contributed by atoms with Crippen molar-refractivity contribution in [2.75, 3.05) is 0 Å². The molecule has 0 amide bonds. The molecule has 0 saturated heterocycles. The minimum atomic E-state index is -0.887. The first-order valence-corrected chi connectivity index (χ1v) is 6.77. The summed E-state index contributed by atoms with van der Waals surface area (Å²) in [6.45, 7) is 1.65. The molecule has 0 aliphatic heterocycles. The fraction of sp³-hybridized carbons (Fsp3) is 0.143. The van der Waals surface area contributed by atoms with Gasteiger partial charge in [0.05, 0.1) is 11.1 Å². The Hall–Kier alpha value is -1.10. The van der Waals surface area contributed by atoms with Gasteiger partial charge in [0.15, 0.2) is 11.6 Å². The Labute approximate surface area is 119 Å². The van der Waals surface area contributed by atoms with E-state index in [0.717, 1.165) is 17.0 Å². The summed E-state index contributed by atoms with van der Waals surface area (Å²) in [6, 6.07) is 8.85. The van der Waals surface area contributed by atoms with Crippen molar-refractivity contribution < 1.29 is 13.9 Å². The summed E-state index contributed by atoms with van der Waals surface area (Å²) in [4.78, 5) is 1.28. The highest BCUT2D eigenvalue weighted by Gasteiger charge is 2.09. The van der Waals surface area contributed by atoms with Gasteiger partial charge >= 0.3 is 0 Å². The van der Waals surface area contributed by atoms with Crippen molar-refractivity contribution in [3.05, 3.63) is 58.6 Å². The van der Waals surface area contributed by atoms with Gasteiger partial charge in [0.25, 0.3) is 0 Å². The molecule has 0 unspecified atom stereocenters. The van der Waals surface area contributed by atoms with Crippen molar-refractivity contribution in [3.63, 3.8) is 0 Å². The Balaban J connectivity index is 2.25. The van der Waals surface area contributed by atoms with Crippen LogP contribution in [0.25, 0.3) is 0 Å². The van der Waals surface area contributed by atoms with E-state index in [2.05, 4.69) is 0 Å². The molecule has 0 saturated carbocycles. The maximum absolute atomic E-state index is 13.1. The van der Waals surface area contributed by atoms with E-state index in [0.29, 0.717) is 15.5 Å². The lowest BCUT2D eigenvalue weighted by atomic mass is 10.1. The molecule has 2 rings (SSSR count). The van der Waals surface area contributed by atoms with E-state index < -0.39 is 17.7 Å². The van der Waals surface area contributed by atoms with Crippen molar-refractivity contribution in [1.82, 2.24) is 0 Å². The van der Waals surface area contributed by atoms with Crippen molar-refractivity contribution in [2.24, 2.45) is 0 Å². The highest BCUT2D eigenvalue weighted by Crippen LogP contribution is 2.35. The number of aliphatic hydroxyl groups excluding tert-OH is 1. The third-order valence-corrected chi connectivity index (χ3v) is 4.05. The lowest BCUT2D eigenvalue weighted by Gasteiger charge is -2.09. The third kappa shape index (κ3) is 3.47. The number of benzene rings is 2. The number of aliphatic hydroxyl groups is 1. The summed E-state index contributed by atoms with van der Waals surface area (Å²) in [5, 5.41) is 9.90. The number of halogens is 3. The Morgan fingerprint density at radius 3 is 2.42 bits per heavy atom. The summed E-state index contributed by atoms with van der Waals surface area (Å²) in [6.07, 6.45) is -0.597. The van der Waals surface area contributed by atoms with Crippen LogP contribution < -0.4 is 0 Å². The molecule has 0 aliphatic rings. The molecule has 0 aromatic heterocycles. The minimum absolute atomic E-state index is 0.466. The second-order valence-electron chi connectivity index (χ2n) is 4.04. The first-order chi connectivity index (χ1) is 8.97. The molecule has 1 nitrogen and oxygen atoms in total. The molecule has 1 atom stereocenters. The van der Waals surface area contributed by atoms with Gasteiger partial charge < -0.3 is 5.11 Å². The van der Waals surface area contributed by atoms with Crippen LogP contribution in [0.3, 0.4) is 0 Å². The van der Waals surface area contributed by atoms with Crippen LogP contribution >= 0.6 is 23.4 Å². The Morgan fingerprint density at radius 1 is 1.11 bits per heavy atom. The van der Waals surface area contributed by atoms with Crippen molar-refractivity contribution in [3.8, 4) is 0 Å². The zero-order valence-corrected chi connectivity index (χ0v) is 11.6. The summed E-state index contributed by atoms with van der Waals surface area (Å²) >= 11 is 7.33. The molecule has 5 heteroatoms. The van der Waals surface area contributed by atoms with Crippen LogP contribution in [0.1, 0.15) is 18.6 Å².